The van der Waals surface area contributed by atoms with Crippen molar-refractivity contribution in [3.8, 4) is 0 Å². The Morgan fingerprint density at radius 1 is 1.21 bits per heavy atom. The maximum Gasteiger partial charge on any atom is 0.336 e. The lowest BCUT2D eigenvalue weighted by molar-refractivity contribution is 0.0695. The van der Waals surface area contributed by atoms with Crippen LogP contribution < -0.4 is 4.31 Å². The minimum Gasteiger partial charge on any atom is -0.478 e. The summed E-state index contributed by atoms with van der Waals surface area (Å²) < 4.78 is 53.6. The summed E-state index contributed by atoms with van der Waals surface area (Å²) in [5.41, 5.74) is -0.698. The maximum atomic E-state index is 13.9. The molecule has 2 aromatic carbocycles. The number of benzene rings is 2. The third kappa shape index (κ3) is 3.27. The SMILES string of the molecule is Cc1c(C(=O)O)cc(Br)cc1S(=O)(=O)N(C)c1cc(F)ccc1F. The van der Waals surface area contributed by atoms with Crippen LogP contribution in [0, 0.1) is 18.6 Å². The van der Waals surface area contributed by atoms with Crippen molar-refractivity contribution in [2.45, 2.75) is 11.8 Å². The van der Waals surface area contributed by atoms with Crippen molar-refractivity contribution in [1.29, 1.82) is 0 Å². The molecule has 0 aliphatic carbocycles. The smallest absolute Gasteiger partial charge is 0.336 e. The van der Waals surface area contributed by atoms with Crippen LogP contribution in [0.4, 0.5) is 14.5 Å². The van der Waals surface area contributed by atoms with Gasteiger partial charge in [0.2, 0.25) is 0 Å². The van der Waals surface area contributed by atoms with Crippen molar-refractivity contribution < 1.29 is 27.1 Å². The maximum absolute atomic E-state index is 13.9. The van der Waals surface area contributed by atoms with Crippen LogP contribution >= 0.6 is 15.9 Å². The highest BCUT2D eigenvalue weighted by atomic mass is 79.9. The molecule has 24 heavy (non-hydrogen) atoms. The Kier molecular flexibility index (Phi) is 4.95. The molecule has 2 rings (SSSR count). The van der Waals surface area contributed by atoms with E-state index in [9.17, 15) is 27.1 Å². The van der Waals surface area contributed by atoms with Gasteiger partial charge in [0.05, 0.1) is 16.1 Å². The Balaban J connectivity index is 2.67. The van der Waals surface area contributed by atoms with Gasteiger partial charge in [0, 0.05) is 17.6 Å². The van der Waals surface area contributed by atoms with Crippen LogP contribution in [-0.2, 0) is 10.0 Å². The number of carboxylic acid groups (broad SMARTS) is 1. The standard InChI is InChI=1S/C15H12BrF2NO4S/c1-8-11(15(20)21)5-9(16)6-14(8)24(22,23)19(2)13-7-10(17)3-4-12(13)18/h3-7H,1-2H3,(H,20,21). The minimum atomic E-state index is -4.31. The van der Waals surface area contributed by atoms with E-state index in [0.717, 1.165) is 25.2 Å². The zero-order valence-corrected chi connectivity index (χ0v) is 15.0. The van der Waals surface area contributed by atoms with Gasteiger partial charge in [0.25, 0.3) is 10.0 Å². The molecule has 0 atom stereocenters. The highest BCUT2D eigenvalue weighted by Crippen LogP contribution is 2.30. The van der Waals surface area contributed by atoms with Crippen molar-refractivity contribution in [3.63, 3.8) is 0 Å². The van der Waals surface area contributed by atoms with Gasteiger partial charge >= 0.3 is 5.97 Å². The summed E-state index contributed by atoms with van der Waals surface area (Å²) in [6.45, 7) is 1.33. The van der Waals surface area contributed by atoms with E-state index in [4.69, 9.17) is 0 Å². The summed E-state index contributed by atoms with van der Waals surface area (Å²) in [5.74, 6) is -3.02. The van der Waals surface area contributed by atoms with Crippen LogP contribution in [0.2, 0.25) is 0 Å². The molecule has 0 unspecified atom stereocenters. The van der Waals surface area contributed by atoms with Crippen molar-refractivity contribution >= 4 is 37.6 Å². The molecule has 0 saturated heterocycles. The third-order valence-corrected chi connectivity index (χ3v) is 5.80. The molecular weight excluding hydrogens is 408 g/mol. The van der Waals surface area contributed by atoms with Gasteiger partial charge in [0.15, 0.2) is 0 Å². The van der Waals surface area contributed by atoms with Crippen molar-refractivity contribution in [2.24, 2.45) is 0 Å². The topological polar surface area (TPSA) is 74.7 Å². The lowest BCUT2D eigenvalue weighted by Gasteiger charge is -2.22. The predicted octanol–water partition coefficient (Wildman–Crippen LogP) is 3.56. The first-order valence-electron chi connectivity index (χ1n) is 6.53. The third-order valence-electron chi connectivity index (χ3n) is 3.44. The second-order valence-corrected chi connectivity index (χ2v) is 7.80. The largest absolute Gasteiger partial charge is 0.478 e. The average Bonchev–Trinajstić information content (AvgIpc) is 2.50. The number of hydrogen-bond acceptors (Lipinski definition) is 3. The first-order chi connectivity index (χ1) is 11.1. The molecule has 128 valence electrons. The summed E-state index contributed by atoms with van der Waals surface area (Å²) in [6.07, 6.45) is 0. The molecule has 0 aromatic heterocycles. The molecular formula is C15H12BrF2NO4S. The quantitative estimate of drug-likeness (QED) is 0.821. The number of sulfonamides is 1. The van der Waals surface area contributed by atoms with Gasteiger partial charge in [-0.25, -0.2) is 22.0 Å². The highest BCUT2D eigenvalue weighted by molar-refractivity contribution is 9.10. The number of hydrogen-bond donors (Lipinski definition) is 1. The molecule has 0 saturated carbocycles. The lowest BCUT2D eigenvalue weighted by Crippen LogP contribution is -2.28. The average molecular weight is 420 g/mol. The summed E-state index contributed by atoms with van der Waals surface area (Å²) in [7, 11) is -3.24. The Hall–Kier alpha value is -2.00. The molecule has 0 aliphatic rings. The summed E-state index contributed by atoms with van der Waals surface area (Å²) in [4.78, 5) is 10.9. The van der Waals surface area contributed by atoms with Gasteiger partial charge in [-0.15, -0.1) is 0 Å². The van der Waals surface area contributed by atoms with Gasteiger partial charge in [0.1, 0.15) is 11.6 Å². The highest BCUT2D eigenvalue weighted by Gasteiger charge is 2.28. The van der Waals surface area contributed by atoms with Crippen molar-refractivity contribution in [2.75, 3.05) is 11.4 Å². The fourth-order valence-corrected chi connectivity index (χ4v) is 4.22. The molecule has 9 heteroatoms. The Morgan fingerprint density at radius 2 is 1.83 bits per heavy atom. The van der Waals surface area contributed by atoms with E-state index < -0.39 is 33.3 Å². The Morgan fingerprint density at radius 3 is 2.42 bits per heavy atom. The number of anilines is 1. The second kappa shape index (κ2) is 6.48. The predicted molar refractivity (Wildman–Crippen MR) is 87.8 cm³/mol. The molecule has 5 nitrogen and oxygen atoms in total. The van der Waals surface area contributed by atoms with E-state index in [0.29, 0.717) is 4.31 Å². The molecule has 0 fully saturated rings. The van der Waals surface area contributed by atoms with E-state index in [1.54, 1.807) is 0 Å². The van der Waals surface area contributed by atoms with Gasteiger partial charge in [-0.3, -0.25) is 4.31 Å². The lowest BCUT2D eigenvalue weighted by atomic mass is 10.1. The molecule has 1 N–H and O–H groups in total. The second-order valence-electron chi connectivity index (χ2n) is 4.95. The number of aromatic carboxylic acids is 1. The first kappa shape index (κ1) is 18.3. The number of rotatable bonds is 4. The molecule has 0 bridgehead atoms. The van der Waals surface area contributed by atoms with Gasteiger partial charge in [-0.2, -0.15) is 0 Å². The van der Waals surface area contributed by atoms with Crippen molar-refractivity contribution in [1.82, 2.24) is 0 Å². The van der Waals surface area contributed by atoms with Crippen LogP contribution in [0.15, 0.2) is 39.7 Å². The van der Waals surface area contributed by atoms with Crippen LogP contribution in [-0.4, -0.2) is 26.5 Å². The van der Waals surface area contributed by atoms with E-state index in [1.165, 1.54) is 19.1 Å². The monoisotopic (exact) mass is 419 g/mol. The van der Waals surface area contributed by atoms with Crippen LogP contribution in [0.5, 0.6) is 0 Å². The minimum absolute atomic E-state index is 0.00522. The molecule has 0 amide bonds. The summed E-state index contributed by atoms with van der Waals surface area (Å²) in [5, 5.41) is 9.18. The number of nitrogens with zero attached hydrogens (tertiary/aromatic N) is 1. The molecule has 0 radical (unpaired) electrons. The van der Waals surface area contributed by atoms with E-state index in [2.05, 4.69) is 15.9 Å². The van der Waals surface area contributed by atoms with Gasteiger partial charge in [-0.1, -0.05) is 15.9 Å². The van der Waals surface area contributed by atoms with E-state index >= 15 is 0 Å². The van der Waals surface area contributed by atoms with Crippen LogP contribution in [0.25, 0.3) is 0 Å². The van der Waals surface area contributed by atoms with Crippen molar-refractivity contribution in [3.05, 3.63) is 57.6 Å². The van der Waals surface area contributed by atoms with Gasteiger partial charge < -0.3 is 5.11 Å². The Labute approximate surface area is 145 Å². The zero-order chi connectivity index (χ0) is 18.2. The van der Waals surface area contributed by atoms with E-state index in [-0.39, 0.29) is 20.5 Å². The summed E-state index contributed by atoms with van der Waals surface area (Å²) >= 11 is 3.06. The van der Waals surface area contributed by atoms with E-state index in [1.807, 2.05) is 0 Å². The first-order valence-corrected chi connectivity index (χ1v) is 8.76. The molecule has 0 spiro atoms. The molecule has 0 heterocycles. The number of halogens is 3. The fraction of sp³-hybridized carbons (Fsp3) is 0.133. The van der Waals surface area contributed by atoms with Crippen LogP contribution in [0.1, 0.15) is 15.9 Å². The fourth-order valence-electron chi connectivity index (χ4n) is 2.15. The number of carbonyl (C=O) groups is 1. The van der Waals surface area contributed by atoms with Gasteiger partial charge in [-0.05, 0) is 36.8 Å². The number of carboxylic acids is 1. The summed E-state index contributed by atoms with van der Waals surface area (Å²) in [6, 6.07) is 4.90. The van der Waals surface area contributed by atoms with Crippen LogP contribution in [0.3, 0.4) is 0 Å². The molecule has 2 aromatic rings. The normalized spacial score (nSPS) is 11.4. The zero-order valence-electron chi connectivity index (χ0n) is 12.5. The molecule has 0 aliphatic heterocycles. The Bertz CT molecular complexity index is 931.